The molecule has 17 heavy (non-hydrogen) atoms. The lowest BCUT2D eigenvalue weighted by Crippen LogP contribution is -2.55. The molecule has 0 aromatic heterocycles. The Morgan fingerprint density at radius 1 is 1.29 bits per heavy atom. The fourth-order valence-electron chi connectivity index (χ4n) is 1.38. The van der Waals surface area contributed by atoms with Gasteiger partial charge in [-0.2, -0.15) is 0 Å². The molecule has 1 aliphatic rings. The molecule has 8 nitrogen and oxygen atoms in total. The van der Waals surface area contributed by atoms with E-state index in [1.165, 1.54) is 0 Å². The molecule has 0 unspecified atom stereocenters. The molecule has 0 saturated carbocycles. The molecule has 1 aliphatic heterocycles. The van der Waals surface area contributed by atoms with Crippen molar-refractivity contribution in [1.29, 1.82) is 0 Å². The highest BCUT2D eigenvalue weighted by Crippen LogP contribution is 1.94. The Hall–Kier alpha value is -1.38. The van der Waals surface area contributed by atoms with Crippen LogP contribution in [-0.2, 0) is 4.79 Å². The molecule has 2 amide bonds. The first-order chi connectivity index (χ1) is 7.99. The van der Waals surface area contributed by atoms with E-state index in [1.54, 1.807) is 5.01 Å². The van der Waals surface area contributed by atoms with Gasteiger partial charge in [0.25, 0.3) is 0 Å². The van der Waals surface area contributed by atoms with Crippen molar-refractivity contribution in [2.45, 2.75) is 6.10 Å². The van der Waals surface area contributed by atoms with Gasteiger partial charge < -0.3 is 20.4 Å². The summed E-state index contributed by atoms with van der Waals surface area (Å²) in [6.07, 6.45) is -1.58. The number of carboxylic acid groups (broad SMARTS) is 1. The van der Waals surface area contributed by atoms with E-state index in [9.17, 15) is 9.59 Å². The van der Waals surface area contributed by atoms with Crippen LogP contribution >= 0.6 is 0 Å². The van der Waals surface area contributed by atoms with Crippen LogP contribution in [0.5, 0.6) is 0 Å². The number of hydrogen-bond donors (Lipinski definition) is 4. The number of rotatable bonds is 4. The SMILES string of the molecule is CN1CCN(NC(=O)NC[C@H](O)C(=O)O)CC1. The average molecular weight is 246 g/mol. The fourth-order valence-corrected chi connectivity index (χ4v) is 1.38. The van der Waals surface area contributed by atoms with Crippen LogP contribution in [0.25, 0.3) is 0 Å². The summed E-state index contributed by atoms with van der Waals surface area (Å²) in [5, 5.41) is 21.4. The van der Waals surface area contributed by atoms with Crippen molar-refractivity contribution in [2.24, 2.45) is 0 Å². The molecule has 0 aliphatic carbocycles. The summed E-state index contributed by atoms with van der Waals surface area (Å²) in [4.78, 5) is 23.8. The third-order valence-electron chi connectivity index (χ3n) is 2.50. The zero-order valence-electron chi connectivity index (χ0n) is 9.72. The van der Waals surface area contributed by atoms with E-state index < -0.39 is 18.1 Å². The standard InChI is InChI=1S/C9H18N4O4/c1-12-2-4-13(5-3-12)11-9(17)10-6-7(14)8(15)16/h7,14H,2-6H2,1H3,(H,15,16)(H2,10,11,17)/t7-/m0/s1. The maximum absolute atomic E-state index is 11.3. The average Bonchev–Trinajstić information content (AvgIpc) is 2.29. The second kappa shape index (κ2) is 6.38. The number of aliphatic carboxylic acids is 1. The number of hydrazine groups is 1. The normalized spacial score (nSPS) is 19.6. The number of amides is 2. The Bertz CT molecular complexity index is 278. The van der Waals surface area contributed by atoms with E-state index in [-0.39, 0.29) is 6.54 Å². The largest absolute Gasteiger partial charge is 0.479 e. The third-order valence-corrected chi connectivity index (χ3v) is 2.50. The van der Waals surface area contributed by atoms with Crippen molar-refractivity contribution in [3.63, 3.8) is 0 Å². The summed E-state index contributed by atoms with van der Waals surface area (Å²) >= 11 is 0. The summed E-state index contributed by atoms with van der Waals surface area (Å²) in [6, 6.07) is -0.505. The van der Waals surface area contributed by atoms with Gasteiger partial charge in [-0.25, -0.2) is 14.6 Å². The van der Waals surface area contributed by atoms with E-state index in [4.69, 9.17) is 10.2 Å². The van der Waals surface area contributed by atoms with Crippen LogP contribution in [0.3, 0.4) is 0 Å². The monoisotopic (exact) mass is 246 g/mol. The second-order valence-corrected chi connectivity index (χ2v) is 3.97. The van der Waals surface area contributed by atoms with Gasteiger partial charge in [0.2, 0.25) is 0 Å². The van der Waals surface area contributed by atoms with Gasteiger partial charge >= 0.3 is 12.0 Å². The number of aliphatic hydroxyl groups is 1. The molecular weight excluding hydrogens is 228 g/mol. The molecule has 1 heterocycles. The number of carboxylic acids is 1. The van der Waals surface area contributed by atoms with E-state index in [0.717, 1.165) is 13.1 Å². The molecule has 1 atom stereocenters. The minimum atomic E-state index is -1.58. The lowest BCUT2D eigenvalue weighted by Gasteiger charge is -2.32. The molecule has 1 saturated heterocycles. The first-order valence-electron chi connectivity index (χ1n) is 5.38. The molecule has 0 aromatic carbocycles. The van der Waals surface area contributed by atoms with Crippen LogP contribution in [0.1, 0.15) is 0 Å². The molecule has 0 spiro atoms. The van der Waals surface area contributed by atoms with E-state index >= 15 is 0 Å². The molecule has 0 bridgehead atoms. The quantitative estimate of drug-likeness (QED) is 0.452. The van der Waals surface area contributed by atoms with Gasteiger partial charge in [0.05, 0.1) is 6.54 Å². The van der Waals surface area contributed by atoms with Crippen LogP contribution < -0.4 is 10.7 Å². The van der Waals surface area contributed by atoms with Gasteiger partial charge in [0.1, 0.15) is 0 Å². The van der Waals surface area contributed by atoms with E-state index in [1.807, 2.05) is 7.05 Å². The topological polar surface area (TPSA) is 105 Å². The van der Waals surface area contributed by atoms with Crippen LogP contribution in [0.2, 0.25) is 0 Å². The molecule has 98 valence electrons. The highest BCUT2D eigenvalue weighted by atomic mass is 16.4. The first kappa shape index (κ1) is 13.7. The fraction of sp³-hybridized carbons (Fsp3) is 0.778. The number of nitrogens with one attached hydrogen (secondary N) is 2. The van der Waals surface area contributed by atoms with Crippen LogP contribution in [0, 0.1) is 0 Å². The van der Waals surface area contributed by atoms with Crippen LogP contribution in [0.15, 0.2) is 0 Å². The molecule has 1 rings (SSSR count). The van der Waals surface area contributed by atoms with Crippen molar-refractivity contribution in [2.75, 3.05) is 39.8 Å². The highest BCUT2D eigenvalue weighted by Gasteiger charge is 2.17. The number of carbonyl (C=O) groups is 2. The van der Waals surface area contributed by atoms with Crippen molar-refractivity contribution >= 4 is 12.0 Å². The van der Waals surface area contributed by atoms with Gasteiger partial charge in [-0.1, -0.05) is 0 Å². The predicted octanol–water partition coefficient (Wildman–Crippen LogP) is -2.11. The van der Waals surface area contributed by atoms with Gasteiger partial charge in [-0.05, 0) is 7.05 Å². The zero-order valence-corrected chi connectivity index (χ0v) is 9.72. The number of urea groups is 1. The molecule has 8 heteroatoms. The number of carbonyl (C=O) groups excluding carboxylic acids is 1. The number of aliphatic hydroxyl groups excluding tert-OH is 1. The molecule has 4 N–H and O–H groups in total. The van der Waals surface area contributed by atoms with Crippen molar-refractivity contribution in [1.82, 2.24) is 20.7 Å². The highest BCUT2D eigenvalue weighted by molar-refractivity contribution is 5.76. The molecule has 0 aromatic rings. The minimum Gasteiger partial charge on any atom is -0.479 e. The number of nitrogens with zero attached hydrogens (tertiary/aromatic N) is 2. The summed E-state index contributed by atoms with van der Waals surface area (Å²) in [5.74, 6) is -1.36. The first-order valence-corrected chi connectivity index (χ1v) is 5.38. The Labute approximate surface area is 99.2 Å². The predicted molar refractivity (Wildman–Crippen MR) is 59.2 cm³/mol. The maximum Gasteiger partial charge on any atom is 0.334 e. The smallest absolute Gasteiger partial charge is 0.334 e. The third kappa shape index (κ3) is 4.98. The maximum atomic E-state index is 11.3. The second-order valence-electron chi connectivity index (χ2n) is 3.97. The minimum absolute atomic E-state index is 0.311. The number of piperazine rings is 1. The Morgan fingerprint density at radius 3 is 2.41 bits per heavy atom. The Kier molecular flexibility index (Phi) is 5.13. The van der Waals surface area contributed by atoms with E-state index in [2.05, 4.69) is 15.6 Å². The lowest BCUT2D eigenvalue weighted by molar-refractivity contribution is -0.146. The summed E-state index contributed by atoms with van der Waals surface area (Å²) in [7, 11) is 2.00. The van der Waals surface area contributed by atoms with Crippen LogP contribution in [-0.4, -0.2) is 78.0 Å². The van der Waals surface area contributed by atoms with Gasteiger partial charge in [0, 0.05) is 26.2 Å². The molecule has 1 fully saturated rings. The zero-order chi connectivity index (χ0) is 12.8. The summed E-state index contributed by atoms with van der Waals surface area (Å²) in [5.41, 5.74) is 2.59. The number of likely N-dealkylation sites (N-methyl/N-ethyl adjacent to an activating group) is 1. The van der Waals surface area contributed by atoms with Crippen LogP contribution in [0.4, 0.5) is 4.79 Å². The van der Waals surface area contributed by atoms with Crippen molar-refractivity contribution < 1.29 is 19.8 Å². The molecule has 0 radical (unpaired) electrons. The summed E-state index contributed by atoms with van der Waals surface area (Å²) in [6.45, 7) is 2.84. The molecular formula is C9H18N4O4. The van der Waals surface area contributed by atoms with E-state index in [0.29, 0.717) is 13.1 Å². The van der Waals surface area contributed by atoms with Crippen molar-refractivity contribution in [3.8, 4) is 0 Å². The Morgan fingerprint density at radius 2 is 1.88 bits per heavy atom. The Balaban J connectivity index is 2.19. The van der Waals surface area contributed by atoms with Crippen molar-refractivity contribution in [3.05, 3.63) is 0 Å². The number of hydrogen-bond acceptors (Lipinski definition) is 5. The van der Waals surface area contributed by atoms with Gasteiger partial charge in [-0.15, -0.1) is 0 Å². The lowest BCUT2D eigenvalue weighted by atomic mass is 10.3. The van der Waals surface area contributed by atoms with Gasteiger partial charge in [-0.3, -0.25) is 5.43 Å². The van der Waals surface area contributed by atoms with Gasteiger partial charge in [0.15, 0.2) is 6.10 Å². The summed E-state index contributed by atoms with van der Waals surface area (Å²) < 4.78 is 0.